The number of benzene rings is 2. The highest BCUT2D eigenvalue weighted by atomic mass is 16.6. The molecule has 0 radical (unpaired) electrons. The third-order valence-corrected chi connectivity index (χ3v) is 7.12. The molecule has 0 bridgehead atoms. The maximum absolute atomic E-state index is 14.4. The van der Waals surface area contributed by atoms with Crippen molar-refractivity contribution in [1.82, 2.24) is 10.2 Å². The van der Waals surface area contributed by atoms with Gasteiger partial charge in [0.05, 0.1) is 0 Å². The molecule has 4 amide bonds. The molecule has 2 aromatic carbocycles. The summed E-state index contributed by atoms with van der Waals surface area (Å²) in [7, 11) is 0. The molecule has 2 atom stereocenters. The van der Waals surface area contributed by atoms with Gasteiger partial charge < -0.3 is 26.0 Å². The smallest absolute Gasteiger partial charge is 0.408 e. The minimum atomic E-state index is -1.12. The predicted octanol–water partition coefficient (Wildman–Crippen LogP) is 6.20. The van der Waals surface area contributed by atoms with Crippen molar-refractivity contribution < 1.29 is 23.9 Å². The van der Waals surface area contributed by atoms with E-state index >= 15 is 0 Å². The molecule has 2 rings (SSSR count). The lowest BCUT2D eigenvalue weighted by atomic mass is 9.99. The Morgan fingerprint density at radius 1 is 0.930 bits per heavy atom. The van der Waals surface area contributed by atoms with Gasteiger partial charge >= 0.3 is 6.09 Å². The molecule has 0 aliphatic heterocycles. The van der Waals surface area contributed by atoms with Gasteiger partial charge in [0.1, 0.15) is 17.7 Å². The fraction of sp³-hybridized carbons (Fsp3) is 0.529. The van der Waals surface area contributed by atoms with E-state index in [1.165, 1.54) is 4.90 Å². The topological polar surface area (TPSA) is 131 Å². The number of hydrogen-bond acceptors (Lipinski definition) is 5. The molecule has 236 valence electrons. The van der Waals surface area contributed by atoms with Crippen LogP contribution in [0, 0.1) is 6.92 Å². The molecule has 4 N–H and O–H groups in total. The van der Waals surface area contributed by atoms with Crippen molar-refractivity contribution in [1.29, 1.82) is 0 Å². The number of alkyl carbamates (subject to hydrolysis) is 1. The first-order valence-corrected chi connectivity index (χ1v) is 15.4. The van der Waals surface area contributed by atoms with Crippen molar-refractivity contribution in [2.45, 2.75) is 111 Å². The lowest BCUT2D eigenvalue weighted by Crippen LogP contribution is -2.52. The van der Waals surface area contributed by atoms with Crippen molar-refractivity contribution >= 4 is 29.5 Å². The second-order valence-electron chi connectivity index (χ2n) is 12.0. The van der Waals surface area contributed by atoms with E-state index in [0.717, 1.165) is 43.2 Å². The van der Waals surface area contributed by atoms with Gasteiger partial charge in [-0.25, -0.2) is 4.79 Å². The fourth-order valence-corrected chi connectivity index (χ4v) is 4.77. The number of carbonyl (C=O) groups excluding carboxylic acids is 4. The quantitative estimate of drug-likeness (QED) is 0.199. The number of nitrogens with two attached hydrogens (primary N) is 1. The van der Waals surface area contributed by atoms with Crippen LogP contribution in [0.4, 0.5) is 10.5 Å². The molecule has 9 nitrogen and oxygen atoms in total. The highest BCUT2D eigenvalue weighted by Crippen LogP contribution is 2.27. The number of amides is 4. The molecule has 0 aromatic heterocycles. The number of primary amides is 1. The molecule has 0 fully saturated rings. The van der Waals surface area contributed by atoms with Crippen LogP contribution < -0.4 is 16.4 Å². The first-order valence-electron chi connectivity index (χ1n) is 15.4. The van der Waals surface area contributed by atoms with Crippen molar-refractivity contribution in [3.63, 3.8) is 0 Å². The molecule has 0 saturated carbocycles. The van der Waals surface area contributed by atoms with Crippen LogP contribution in [0.3, 0.4) is 0 Å². The molecule has 9 heteroatoms. The Morgan fingerprint density at radius 3 is 2.16 bits per heavy atom. The van der Waals surface area contributed by atoms with Crippen molar-refractivity contribution in [2.75, 3.05) is 11.9 Å². The first-order chi connectivity index (χ1) is 20.4. The summed E-state index contributed by atoms with van der Waals surface area (Å²) >= 11 is 0. The molecule has 2 aromatic rings. The summed E-state index contributed by atoms with van der Waals surface area (Å²) in [4.78, 5) is 54.5. The molecule has 0 aliphatic carbocycles. The van der Waals surface area contributed by atoms with E-state index in [1.807, 2.05) is 55.5 Å². The second kappa shape index (κ2) is 17.3. The number of anilines is 1. The van der Waals surface area contributed by atoms with E-state index < -0.39 is 35.6 Å². The van der Waals surface area contributed by atoms with Gasteiger partial charge in [0.15, 0.2) is 0 Å². The maximum atomic E-state index is 14.4. The van der Waals surface area contributed by atoms with Crippen LogP contribution in [-0.2, 0) is 25.5 Å². The van der Waals surface area contributed by atoms with Crippen LogP contribution in [0.2, 0.25) is 0 Å². The minimum absolute atomic E-state index is 0.0271. The zero-order chi connectivity index (χ0) is 32.0. The Morgan fingerprint density at radius 2 is 1.58 bits per heavy atom. The molecule has 0 spiro atoms. The Balaban J connectivity index is 2.56. The van der Waals surface area contributed by atoms with Gasteiger partial charge in [0.25, 0.3) is 5.91 Å². The minimum Gasteiger partial charge on any atom is -0.444 e. The van der Waals surface area contributed by atoms with E-state index in [2.05, 4.69) is 24.5 Å². The van der Waals surface area contributed by atoms with Gasteiger partial charge in [-0.05, 0) is 69.7 Å². The van der Waals surface area contributed by atoms with Crippen LogP contribution in [0.1, 0.15) is 102 Å². The average molecular weight is 595 g/mol. The summed E-state index contributed by atoms with van der Waals surface area (Å²) < 4.78 is 5.42. The van der Waals surface area contributed by atoms with E-state index in [1.54, 1.807) is 20.8 Å². The number of unbranched alkanes of at least 4 members (excludes halogenated alkanes) is 4. The predicted molar refractivity (Wildman–Crippen MR) is 170 cm³/mol. The summed E-state index contributed by atoms with van der Waals surface area (Å²) in [5.74, 6) is -1.45. The van der Waals surface area contributed by atoms with Crippen molar-refractivity contribution in [3.8, 4) is 0 Å². The molecular weight excluding hydrogens is 544 g/mol. The third-order valence-electron chi connectivity index (χ3n) is 7.12. The van der Waals surface area contributed by atoms with E-state index in [-0.39, 0.29) is 25.3 Å². The zero-order valence-electron chi connectivity index (χ0n) is 26.7. The molecule has 0 heterocycles. The highest BCUT2D eigenvalue weighted by molar-refractivity contribution is 5.99. The Labute approximate surface area is 256 Å². The summed E-state index contributed by atoms with van der Waals surface area (Å²) in [5, 5.41) is 5.68. The second-order valence-corrected chi connectivity index (χ2v) is 12.0. The summed E-state index contributed by atoms with van der Waals surface area (Å²) in [5.41, 5.74) is 7.92. The van der Waals surface area contributed by atoms with Gasteiger partial charge in [0, 0.05) is 18.7 Å². The number of carbonyl (C=O) groups is 4. The lowest BCUT2D eigenvalue weighted by Gasteiger charge is -2.35. The molecule has 43 heavy (non-hydrogen) atoms. The Bertz CT molecular complexity index is 1210. The first kappa shape index (κ1) is 35.3. The number of hydrogen-bond donors (Lipinski definition) is 3. The van der Waals surface area contributed by atoms with Crippen LogP contribution >= 0.6 is 0 Å². The lowest BCUT2D eigenvalue weighted by molar-refractivity contribution is -0.141. The largest absolute Gasteiger partial charge is 0.444 e. The number of ether oxygens (including phenoxy) is 1. The van der Waals surface area contributed by atoms with Crippen LogP contribution in [0.25, 0.3) is 0 Å². The average Bonchev–Trinajstić information content (AvgIpc) is 2.94. The zero-order valence-corrected chi connectivity index (χ0v) is 26.7. The Hall–Kier alpha value is -3.88. The number of nitrogens with zero attached hydrogens (tertiary/aromatic N) is 1. The van der Waals surface area contributed by atoms with Crippen LogP contribution in [-0.4, -0.2) is 46.9 Å². The molecule has 2 unspecified atom stereocenters. The monoisotopic (exact) mass is 594 g/mol. The summed E-state index contributed by atoms with van der Waals surface area (Å²) in [6, 6.07) is 13.0. The van der Waals surface area contributed by atoms with Crippen molar-refractivity contribution in [3.05, 3.63) is 65.2 Å². The van der Waals surface area contributed by atoms with Crippen LogP contribution in [0.5, 0.6) is 0 Å². The third kappa shape index (κ3) is 12.1. The van der Waals surface area contributed by atoms with Crippen LogP contribution in [0.15, 0.2) is 48.5 Å². The normalized spacial score (nSPS) is 12.6. The fourth-order valence-electron chi connectivity index (χ4n) is 4.77. The number of rotatable bonds is 16. The summed E-state index contributed by atoms with van der Waals surface area (Å²) in [6.45, 7) is 11.5. The van der Waals surface area contributed by atoms with Gasteiger partial charge in [-0.2, -0.15) is 0 Å². The standard InChI is InChI=1S/C34H50N4O5/c1-7-9-10-11-14-23-38(32(41)28(21-22-29(35)39)37-33(42)43-34(4,5)6)30(26-19-17-25(8-2)18-20-26)31(40)36-27-16-13-12-15-24(27)3/h12-13,15-20,28,30H,7-11,14,21-23H2,1-6H3,(H2,35,39)(H,36,40)(H,37,42). The van der Waals surface area contributed by atoms with E-state index in [9.17, 15) is 19.2 Å². The number of nitrogens with one attached hydrogen (secondary N) is 2. The number of para-hydroxylation sites is 1. The maximum Gasteiger partial charge on any atom is 0.408 e. The van der Waals surface area contributed by atoms with Gasteiger partial charge in [-0.15, -0.1) is 0 Å². The summed E-state index contributed by atoms with van der Waals surface area (Å²) in [6.07, 6.45) is 4.59. The van der Waals surface area contributed by atoms with Crippen molar-refractivity contribution in [2.24, 2.45) is 5.73 Å². The SMILES string of the molecule is CCCCCCCN(C(=O)C(CCC(N)=O)NC(=O)OC(C)(C)C)C(C(=O)Nc1ccccc1C)c1ccc(CC)cc1. The number of aryl methyl sites for hydroxylation is 2. The Kier molecular flexibility index (Phi) is 14.2. The van der Waals surface area contributed by atoms with Gasteiger partial charge in [-0.1, -0.05) is 82.0 Å². The van der Waals surface area contributed by atoms with E-state index in [0.29, 0.717) is 17.7 Å². The highest BCUT2D eigenvalue weighted by Gasteiger charge is 2.36. The molecule has 0 aliphatic rings. The van der Waals surface area contributed by atoms with Gasteiger partial charge in [-0.3, -0.25) is 14.4 Å². The molecular formula is C34H50N4O5. The van der Waals surface area contributed by atoms with E-state index in [4.69, 9.17) is 10.5 Å². The molecule has 0 saturated heterocycles. The van der Waals surface area contributed by atoms with Gasteiger partial charge in [0.2, 0.25) is 11.8 Å².